The first-order valence-electron chi connectivity index (χ1n) is 6.70. The number of carbonyl (C=O) groups excluding carboxylic acids is 1. The number of ether oxygens (including phenoxy) is 2. The van der Waals surface area contributed by atoms with Gasteiger partial charge in [0.2, 0.25) is 0 Å². The predicted molar refractivity (Wildman–Crippen MR) is 80.2 cm³/mol. The highest BCUT2D eigenvalue weighted by Gasteiger charge is 2.14. The van der Waals surface area contributed by atoms with Gasteiger partial charge in [-0.05, 0) is 31.2 Å². The van der Waals surface area contributed by atoms with Crippen LogP contribution in [0.2, 0.25) is 0 Å². The molecule has 0 radical (unpaired) electrons. The first-order valence-corrected chi connectivity index (χ1v) is 6.70. The van der Waals surface area contributed by atoms with Crippen LogP contribution < -0.4 is 20.1 Å². The molecule has 1 aliphatic heterocycles. The summed E-state index contributed by atoms with van der Waals surface area (Å²) in [6.07, 6.45) is 1.09. The lowest BCUT2D eigenvalue weighted by Crippen LogP contribution is -2.32. The summed E-state index contributed by atoms with van der Waals surface area (Å²) in [6, 6.07) is 5.25. The summed E-state index contributed by atoms with van der Waals surface area (Å²) in [5.74, 6) is 1.26. The SMILES string of the molecule is CCCNCCNC(=O)c1ccc2c(c1)OCCO2.Cl. The van der Waals surface area contributed by atoms with Gasteiger partial charge in [0.25, 0.3) is 5.91 Å². The maximum Gasteiger partial charge on any atom is 0.251 e. The zero-order chi connectivity index (χ0) is 13.5. The second kappa shape index (κ2) is 8.66. The molecule has 112 valence electrons. The van der Waals surface area contributed by atoms with E-state index in [1.165, 1.54) is 0 Å². The van der Waals surface area contributed by atoms with Crippen LogP contribution in [0.15, 0.2) is 18.2 Å². The van der Waals surface area contributed by atoms with E-state index in [0.29, 0.717) is 36.8 Å². The molecule has 2 rings (SSSR count). The van der Waals surface area contributed by atoms with Crippen LogP contribution in [0.1, 0.15) is 23.7 Å². The van der Waals surface area contributed by atoms with Crippen molar-refractivity contribution in [1.29, 1.82) is 0 Å². The van der Waals surface area contributed by atoms with E-state index in [1.807, 2.05) is 0 Å². The molecule has 0 spiro atoms. The Morgan fingerprint density at radius 2 is 1.90 bits per heavy atom. The minimum absolute atomic E-state index is 0. The highest BCUT2D eigenvalue weighted by atomic mass is 35.5. The first kappa shape index (κ1) is 16.6. The zero-order valence-corrected chi connectivity index (χ0v) is 12.4. The summed E-state index contributed by atoms with van der Waals surface area (Å²) in [5.41, 5.74) is 0.597. The van der Waals surface area contributed by atoms with Crippen molar-refractivity contribution < 1.29 is 14.3 Å². The smallest absolute Gasteiger partial charge is 0.251 e. The van der Waals surface area contributed by atoms with E-state index in [9.17, 15) is 4.79 Å². The molecule has 0 saturated carbocycles. The molecule has 0 fully saturated rings. The van der Waals surface area contributed by atoms with Gasteiger partial charge in [-0.1, -0.05) is 6.92 Å². The van der Waals surface area contributed by atoms with Gasteiger partial charge in [-0.25, -0.2) is 0 Å². The van der Waals surface area contributed by atoms with Crippen LogP contribution in [0, 0.1) is 0 Å². The molecule has 1 heterocycles. The quantitative estimate of drug-likeness (QED) is 0.784. The lowest BCUT2D eigenvalue weighted by Gasteiger charge is -2.18. The minimum Gasteiger partial charge on any atom is -0.486 e. The summed E-state index contributed by atoms with van der Waals surface area (Å²) < 4.78 is 10.9. The van der Waals surface area contributed by atoms with Crippen LogP contribution in [0.4, 0.5) is 0 Å². The normalized spacial score (nSPS) is 12.4. The third-order valence-corrected chi connectivity index (χ3v) is 2.82. The van der Waals surface area contributed by atoms with E-state index in [4.69, 9.17) is 9.47 Å². The molecule has 1 aromatic rings. The minimum atomic E-state index is -0.0877. The van der Waals surface area contributed by atoms with Crippen molar-refractivity contribution >= 4 is 18.3 Å². The van der Waals surface area contributed by atoms with E-state index < -0.39 is 0 Å². The van der Waals surface area contributed by atoms with Crippen LogP contribution in [-0.4, -0.2) is 38.8 Å². The van der Waals surface area contributed by atoms with Crippen LogP contribution in [0.3, 0.4) is 0 Å². The number of halogens is 1. The lowest BCUT2D eigenvalue weighted by atomic mass is 10.2. The molecule has 0 aromatic heterocycles. The fourth-order valence-corrected chi connectivity index (χ4v) is 1.85. The van der Waals surface area contributed by atoms with Crippen molar-refractivity contribution in [3.63, 3.8) is 0 Å². The highest BCUT2D eigenvalue weighted by Crippen LogP contribution is 2.30. The Labute approximate surface area is 125 Å². The van der Waals surface area contributed by atoms with Gasteiger partial charge < -0.3 is 20.1 Å². The number of benzene rings is 1. The zero-order valence-electron chi connectivity index (χ0n) is 11.6. The maximum atomic E-state index is 11.9. The Hall–Kier alpha value is -1.46. The van der Waals surface area contributed by atoms with Crippen LogP contribution >= 0.6 is 12.4 Å². The summed E-state index contributed by atoms with van der Waals surface area (Å²) in [7, 11) is 0. The molecule has 6 heteroatoms. The van der Waals surface area contributed by atoms with E-state index in [1.54, 1.807) is 18.2 Å². The van der Waals surface area contributed by atoms with Gasteiger partial charge >= 0.3 is 0 Å². The molecule has 2 N–H and O–H groups in total. The van der Waals surface area contributed by atoms with Gasteiger partial charge in [-0.2, -0.15) is 0 Å². The van der Waals surface area contributed by atoms with E-state index >= 15 is 0 Å². The number of amides is 1. The average molecular weight is 301 g/mol. The second-order valence-electron chi connectivity index (χ2n) is 4.36. The summed E-state index contributed by atoms with van der Waals surface area (Å²) in [6.45, 7) is 5.57. The summed E-state index contributed by atoms with van der Waals surface area (Å²) in [5, 5.41) is 6.10. The molecule has 0 aliphatic carbocycles. The number of rotatable bonds is 6. The van der Waals surface area contributed by atoms with E-state index in [-0.39, 0.29) is 18.3 Å². The van der Waals surface area contributed by atoms with Gasteiger partial charge in [0.1, 0.15) is 13.2 Å². The number of nitrogens with one attached hydrogen (secondary N) is 2. The number of fused-ring (bicyclic) bond motifs is 1. The van der Waals surface area contributed by atoms with Gasteiger partial charge in [0.05, 0.1) is 0 Å². The molecule has 20 heavy (non-hydrogen) atoms. The first-order chi connectivity index (χ1) is 9.31. The van der Waals surface area contributed by atoms with Crippen molar-refractivity contribution in [2.75, 3.05) is 32.8 Å². The van der Waals surface area contributed by atoms with Crippen molar-refractivity contribution in [2.24, 2.45) is 0 Å². The Morgan fingerprint density at radius 1 is 1.15 bits per heavy atom. The molecule has 0 unspecified atom stereocenters. The standard InChI is InChI=1S/C14H20N2O3.ClH/c1-2-5-15-6-7-16-14(17)11-3-4-12-13(10-11)19-9-8-18-12;/h3-4,10,15H,2,5-9H2,1H3,(H,16,17);1H. The number of carbonyl (C=O) groups is 1. The Kier molecular flexibility index (Phi) is 7.18. The van der Waals surface area contributed by atoms with Gasteiger partial charge in [0.15, 0.2) is 11.5 Å². The van der Waals surface area contributed by atoms with Gasteiger partial charge in [-0.3, -0.25) is 4.79 Å². The fraction of sp³-hybridized carbons (Fsp3) is 0.500. The van der Waals surface area contributed by atoms with Crippen LogP contribution in [-0.2, 0) is 0 Å². The largest absolute Gasteiger partial charge is 0.486 e. The molecule has 0 saturated heterocycles. The van der Waals surface area contributed by atoms with E-state index in [2.05, 4.69) is 17.6 Å². The highest BCUT2D eigenvalue weighted by molar-refractivity contribution is 5.94. The van der Waals surface area contributed by atoms with Crippen molar-refractivity contribution in [2.45, 2.75) is 13.3 Å². The second-order valence-corrected chi connectivity index (χ2v) is 4.36. The average Bonchev–Trinajstić information content (AvgIpc) is 2.46. The molecule has 5 nitrogen and oxygen atoms in total. The Bertz CT molecular complexity index is 440. The number of hydrogen-bond acceptors (Lipinski definition) is 4. The third kappa shape index (κ3) is 4.58. The van der Waals surface area contributed by atoms with Crippen molar-refractivity contribution in [1.82, 2.24) is 10.6 Å². The topological polar surface area (TPSA) is 59.6 Å². The molecule has 1 aliphatic rings. The molecular formula is C14H21ClN2O3. The monoisotopic (exact) mass is 300 g/mol. The molecule has 1 amide bonds. The Balaban J connectivity index is 0.00000200. The third-order valence-electron chi connectivity index (χ3n) is 2.82. The molecular weight excluding hydrogens is 280 g/mol. The summed E-state index contributed by atoms with van der Waals surface area (Å²) >= 11 is 0. The molecule has 0 atom stereocenters. The van der Waals surface area contributed by atoms with Gasteiger partial charge in [-0.15, -0.1) is 12.4 Å². The Morgan fingerprint density at radius 3 is 2.65 bits per heavy atom. The van der Waals surface area contributed by atoms with Crippen molar-refractivity contribution in [3.05, 3.63) is 23.8 Å². The van der Waals surface area contributed by atoms with Crippen LogP contribution in [0.5, 0.6) is 11.5 Å². The van der Waals surface area contributed by atoms with Crippen molar-refractivity contribution in [3.8, 4) is 11.5 Å². The number of hydrogen-bond donors (Lipinski definition) is 2. The molecule has 0 bridgehead atoms. The predicted octanol–water partition coefficient (Wildman–Crippen LogP) is 1.61. The maximum absolute atomic E-state index is 11.9. The van der Waals surface area contributed by atoms with E-state index in [0.717, 1.165) is 19.5 Å². The summed E-state index contributed by atoms with van der Waals surface area (Å²) in [4.78, 5) is 11.9. The van der Waals surface area contributed by atoms with Gasteiger partial charge in [0, 0.05) is 18.7 Å². The lowest BCUT2D eigenvalue weighted by molar-refractivity contribution is 0.0952. The fourth-order valence-electron chi connectivity index (χ4n) is 1.85. The van der Waals surface area contributed by atoms with Crippen LogP contribution in [0.25, 0.3) is 0 Å². The molecule has 1 aromatic carbocycles.